The van der Waals surface area contributed by atoms with Crippen LogP contribution in [0.5, 0.6) is 17.4 Å². The summed E-state index contributed by atoms with van der Waals surface area (Å²) in [6.07, 6.45) is 2.76. The summed E-state index contributed by atoms with van der Waals surface area (Å²) in [5, 5.41) is 6.58. The second kappa shape index (κ2) is 13.9. The van der Waals surface area contributed by atoms with E-state index in [9.17, 15) is 0 Å². The smallest absolute Gasteiger partial charge is 0.213 e. The Kier molecular flexibility index (Phi) is 11.9. The van der Waals surface area contributed by atoms with E-state index in [1.807, 2.05) is 37.3 Å². The van der Waals surface area contributed by atoms with Gasteiger partial charge in [-0.05, 0) is 36.6 Å². The van der Waals surface area contributed by atoms with Gasteiger partial charge in [-0.25, -0.2) is 9.98 Å². The predicted octanol–water partition coefficient (Wildman–Crippen LogP) is 3.76. The molecule has 0 fully saturated rings. The first kappa shape index (κ1) is 24.8. The number of halogens is 1. The minimum absolute atomic E-state index is 0. The van der Waals surface area contributed by atoms with Crippen LogP contribution >= 0.6 is 24.0 Å². The van der Waals surface area contributed by atoms with Gasteiger partial charge >= 0.3 is 0 Å². The fourth-order valence-electron chi connectivity index (χ4n) is 2.48. The second-order valence-electron chi connectivity index (χ2n) is 6.09. The van der Waals surface area contributed by atoms with E-state index in [1.54, 1.807) is 20.4 Å². The number of pyridine rings is 1. The second-order valence-corrected chi connectivity index (χ2v) is 6.09. The zero-order chi connectivity index (χ0) is 20.2. The van der Waals surface area contributed by atoms with E-state index >= 15 is 0 Å². The van der Waals surface area contributed by atoms with Crippen LogP contribution in [0.15, 0.2) is 41.5 Å². The largest absolute Gasteiger partial charge is 0.493 e. The average molecular weight is 514 g/mol. The molecule has 2 rings (SSSR count). The topological polar surface area (TPSA) is 77.0 Å². The van der Waals surface area contributed by atoms with Crippen molar-refractivity contribution in [3.8, 4) is 17.4 Å². The molecule has 2 N–H and O–H groups in total. The van der Waals surface area contributed by atoms with Crippen LogP contribution in [-0.4, -0.2) is 38.3 Å². The van der Waals surface area contributed by atoms with Crippen molar-refractivity contribution in [2.24, 2.45) is 4.99 Å². The van der Waals surface area contributed by atoms with Gasteiger partial charge in [0.15, 0.2) is 17.5 Å². The lowest BCUT2D eigenvalue weighted by molar-refractivity contribution is 0.305. The molecular formula is C21H31IN4O3. The van der Waals surface area contributed by atoms with Gasteiger partial charge in [0.2, 0.25) is 5.88 Å². The summed E-state index contributed by atoms with van der Waals surface area (Å²) in [7, 11) is 3.26. The molecular weight excluding hydrogens is 483 g/mol. The first-order valence-corrected chi connectivity index (χ1v) is 9.51. The van der Waals surface area contributed by atoms with E-state index in [4.69, 9.17) is 14.2 Å². The molecule has 0 bridgehead atoms. The van der Waals surface area contributed by atoms with Gasteiger partial charge in [-0.2, -0.15) is 0 Å². The average Bonchev–Trinajstić information content (AvgIpc) is 2.74. The molecule has 1 aromatic carbocycles. The first-order chi connectivity index (χ1) is 13.7. The Labute approximate surface area is 190 Å². The number of guanidine groups is 1. The molecule has 1 aromatic heterocycles. The molecule has 0 aliphatic rings. The van der Waals surface area contributed by atoms with Crippen molar-refractivity contribution < 1.29 is 14.2 Å². The number of hydrogen-bond donors (Lipinski definition) is 2. The Morgan fingerprint density at radius 1 is 1.00 bits per heavy atom. The van der Waals surface area contributed by atoms with Gasteiger partial charge < -0.3 is 24.8 Å². The van der Waals surface area contributed by atoms with E-state index in [-0.39, 0.29) is 24.0 Å². The molecule has 0 aliphatic carbocycles. The maximum atomic E-state index is 5.51. The van der Waals surface area contributed by atoms with Crippen molar-refractivity contribution in [1.29, 1.82) is 0 Å². The van der Waals surface area contributed by atoms with E-state index in [1.165, 1.54) is 0 Å². The monoisotopic (exact) mass is 514 g/mol. The Morgan fingerprint density at radius 3 is 2.38 bits per heavy atom. The van der Waals surface area contributed by atoms with Gasteiger partial charge in [-0.3, -0.25) is 0 Å². The molecule has 0 unspecified atom stereocenters. The van der Waals surface area contributed by atoms with Gasteiger partial charge in [-0.1, -0.05) is 19.1 Å². The predicted molar refractivity (Wildman–Crippen MR) is 127 cm³/mol. The third-order valence-electron chi connectivity index (χ3n) is 3.92. The van der Waals surface area contributed by atoms with Crippen LogP contribution in [0.25, 0.3) is 0 Å². The number of rotatable bonds is 10. The molecule has 8 heteroatoms. The zero-order valence-electron chi connectivity index (χ0n) is 17.5. The first-order valence-electron chi connectivity index (χ1n) is 9.51. The molecule has 0 saturated carbocycles. The summed E-state index contributed by atoms with van der Waals surface area (Å²) in [6, 6.07) is 9.71. The van der Waals surface area contributed by atoms with Gasteiger partial charge in [0, 0.05) is 25.4 Å². The van der Waals surface area contributed by atoms with Crippen molar-refractivity contribution >= 4 is 29.9 Å². The Balaban J connectivity index is 0.00000420. The van der Waals surface area contributed by atoms with Crippen LogP contribution in [-0.2, 0) is 13.1 Å². The third-order valence-corrected chi connectivity index (χ3v) is 3.92. The van der Waals surface area contributed by atoms with Gasteiger partial charge in [-0.15, -0.1) is 24.0 Å². The Hall–Kier alpha value is -2.23. The number of benzene rings is 1. The normalized spacial score (nSPS) is 10.7. The molecule has 0 radical (unpaired) electrons. The molecule has 0 saturated heterocycles. The van der Waals surface area contributed by atoms with Crippen LogP contribution in [0, 0.1) is 0 Å². The molecule has 2 aromatic rings. The minimum Gasteiger partial charge on any atom is -0.493 e. The summed E-state index contributed by atoms with van der Waals surface area (Å²) in [5.41, 5.74) is 2.09. The fraction of sp³-hybridized carbons (Fsp3) is 0.429. The van der Waals surface area contributed by atoms with Gasteiger partial charge in [0.1, 0.15) is 0 Å². The number of aromatic nitrogens is 1. The Bertz CT molecular complexity index is 754. The number of nitrogens with one attached hydrogen (secondary N) is 2. The molecule has 0 spiro atoms. The lowest BCUT2D eigenvalue weighted by Crippen LogP contribution is -2.36. The maximum absolute atomic E-state index is 5.51. The van der Waals surface area contributed by atoms with Crippen molar-refractivity contribution in [1.82, 2.24) is 15.6 Å². The van der Waals surface area contributed by atoms with Crippen molar-refractivity contribution in [2.45, 2.75) is 33.4 Å². The SMILES string of the molecule is CCCOc1ccc(CN=C(NCC)NCc2ccc(OC)c(OC)c2)cn1.I. The maximum Gasteiger partial charge on any atom is 0.213 e. The molecule has 0 amide bonds. The lowest BCUT2D eigenvalue weighted by Gasteiger charge is -2.13. The van der Waals surface area contributed by atoms with Crippen LogP contribution in [0.4, 0.5) is 0 Å². The molecule has 160 valence electrons. The van der Waals surface area contributed by atoms with Gasteiger partial charge in [0.25, 0.3) is 0 Å². The van der Waals surface area contributed by atoms with Crippen LogP contribution in [0.1, 0.15) is 31.4 Å². The summed E-state index contributed by atoms with van der Waals surface area (Å²) in [6.45, 7) is 6.71. The van der Waals surface area contributed by atoms with Crippen LogP contribution in [0.2, 0.25) is 0 Å². The summed E-state index contributed by atoms with van der Waals surface area (Å²) >= 11 is 0. The van der Waals surface area contributed by atoms with Crippen LogP contribution in [0.3, 0.4) is 0 Å². The summed E-state index contributed by atoms with van der Waals surface area (Å²) in [4.78, 5) is 8.94. The number of nitrogens with zero attached hydrogens (tertiary/aromatic N) is 2. The Morgan fingerprint density at radius 2 is 1.76 bits per heavy atom. The van der Waals surface area contributed by atoms with Crippen molar-refractivity contribution in [3.63, 3.8) is 0 Å². The standard InChI is InChI=1S/C21H30N4O3.HI/c1-5-11-28-20-10-8-17(14-23-20)15-25-21(22-6-2)24-13-16-7-9-18(26-3)19(12-16)27-4;/h7-10,12,14H,5-6,11,13,15H2,1-4H3,(H2,22,24,25);1H. The number of ether oxygens (including phenoxy) is 3. The highest BCUT2D eigenvalue weighted by molar-refractivity contribution is 14.0. The van der Waals surface area contributed by atoms with E-state index in [0.717, 1.165) is 30.1 Å². The van der Waals surface area contributed by atoms with E-state index < -0.39 is 0 Å². The fourth-order valence-corrected chi connectivity index (χ4v) is 2.48. The van der Waals surface area contributed by atoms with E-state index in [0.29, 0.717) is 37.1 Å². The number of methoxy groups -OCH3 is 2. The minimum atomic E-state index is 0. The molecule has 29 heavy (non-hydrogen) atoms. The highest BCUT2D eigenvalue weighted by Gasteiger charge is 2.05. The lowest BCUT2D eigenvalue weighted by atomic mass is 10.2. The third kappa shape index (κ3) is 8.35. The van der Waals surface area contributed by atoms with E-state index in [2.05, 4.69) is 27.5 Å². The zero-order valence-corrected chi connectivity index (χ0v) is 19.9. The quantitative estimate of drug-likeness (QED) is 0.286. The molecule has 1 heterocycles. The summed E-state index contributed by atoms with van der Waals surface area (Å²) < 4.78 is 16.1. The van der Waals surface area contributed by atoms with Gasteiger partial charge in [0.05, 0.1) is 27.4 Å². The highest BCUT2D eigenvalue weighted by Crippen LogP contribution is 2.27. The number of aliphatic imine (C=N–C) groups is 1. The molecule has 7 nitrogen and oxygen atoms in total. The van der Waals surface area contributed by atoms with Crippen molar-refractivity contribution in [3.05, 3.63) is 47.7 Å². The van der Waals surface area contributed by atoms with Crippen molar-refractivity contribution in [2.75, 3.05) is 27.4 Å². The molecule has 0 atom stereocenters. The molecule has 0 aliphatic heterocycles. The van der Waals surface area contributed by atoms with Crippen LogP contribution < -0.4 is 24.8 Å². The summed E-state index contributed by atoms with van der Waals surface area (Å²) in [5.74, 6) is 2.81. The number of hydrogen-bond acceptors (Lipinski definition) is 5. The highest BCUT2D eigenvalue weighted by atomic mass is 127.